The molecule has 1 fully saturated rings. The van der Waals surface area contributed by atoms with Gasteiger partial charge in [0.25, 0.3) is 0 Å². The zero-order valence-electron chi connectivity index (χ0n) is 8.28. The highest BCUT2D eigenvalue weighted by Gasteiger charge is 2.27. The minimum atomic E-state index is -3.06. The first-order valence-electron chi connectivity index (χ1n) is 4.60. The number of hydrogen-bond donors (Lipinski definition) is 0. The second kappa shape index (κ2) is 3.80. The Morgan fingerprint density at radius 1 is 1.46 bits per heavy atom. The van der Waals surface area contributed by atoms with E-state index >= 15 is 0 Å². The maximum absolute atomic E-state index is 11.7. The van der Waals surface area contributed by atoms with Crippen LogP contribution < -0.4 is 0 Å². The van der Waals surface area contributed by atoms with Gasteiger partial charge in [0, 0.05) is 13.1 Å². The molecule has 0 spiro atoms. The molecule has 4 heteroatoms. The Hall–Kier alpha value is -0.350. The monoisotopic (exact) mass is 203 g/mol. The second-order valence-corrected chi connectivity index (χ2v) is 6.27. The first-order valence-corrected chi connectivity index (χ1v) is 6.10. The fourth-order valence-electron chi connectivity index (χ4n) is 1.43. The van der Waals surface area contributed by atoms with Crippen molar-refractivity contribution in [2.24, 2.45) is 0 Å². The highest BCUT2D eigenvalue weighted by molar-refractivity contribution is 7.89. The summed E-state index contributed by atoms with van der Waals surface area (Å²) in [5.74, 6) is 0. The topological polar surface area (TPSA) is 37.4 Å². The molecule has 1 aliphatic rings. The SMILES string of the molecule is C=C1CCCN(S(=O)(=O)C(C)C)C1. The zero-order chi connectivity index (χ0) is 10.1. The molecule has 1 heterocycles. The summed E-state index contributed by atoms with van der Waals surface area (Å²) in [6.45, 7) is 8.43. The van der Waals surface area contributed by atoms with Gasteiger partial charge in [-0.2, -0.15) is 4.31 Å². The Morgan fingerprint density at radius 3 is 2.54 bits per heavy atom. The summed E-state index contributed by atoms with van der Waals surface area (Å²) < 4.78 is 25.0. The fraction of sp³-hybridized carbons (Fsp3) is 0.778. The fourth-order valence-corrected chi connectivity index (χ4v) is 2.77. The second-order valence-electron chi connectivity index (χ2n) is 3.78. The van der Waals surface area contributed by atoms with Gasteiger partial charge in [0.05, 0.1) is 5.25 Å². The lowest BCUT2D eigenvalue weighted by molar-refractivity contribution is 0.391. The summed E-state index contributed by atoms with van der Waals surface area (Å²) in [5, 5.41) is -0.321. The van der Waals surface area contributed by atoms with Crippen LogP contribution in [0.5, 0.6) is 0 Å². The van der Waals surface area contributed by atoms with Gasteiger partial charge in [-0.25, -0.2) is 8.42 Å². The van der Waals surface area contributed by atoms with Gasteiger partial charge in [-0.15, -0.1) is 0 Å². The lowest BCUT2D eigenvalue weighted by Crippen LogP contribution is -2.40. The largest absolute Gasteiger partial charge is 0.216 e. The van der Waals surface area contributed by atoms with Crippen LogP contribution in [0.15, 0.2) is 12.2 Å². The predicted octanol–water partition coefficient (Wildman–Crippen LogP) is 1.38. The Bertz CT molecular complexity index is 293. The van der Waals surface area contributed by atoms with Crippen LogP contribution in [0.25, 0.3) is 0 Å². The van der Waals surface area contributed by atoms with E-state index in [-0.39, 0.29) is 5.25 Å². The van der Waals surface area contributed by atoms with Crippen LogP contribution >= 0.6 is 0 Å². The van der Waals surface area contributed by atoms with Gasteiger partial charge in [-0.1, -0.05) is 12.2 Å². The molecule has 0 aliphatic carbocycles. The van der Waals surface area contributed by atoms with Crippen molar-refractivity contribution in [3.63, 3.8) is 0 Å². The third-order valence-corrected chi connectivity index (χ3v) is 4.52. The van der Waals surface area contributed by atoms with Crippen molar-refractivity contribution in [3.05, 3.63) is 12.2 Å². The quantitative estimate of drug-likeness (QED) is 0.636. The summed E-state index contributed by atoms with van der Waals surface area (Å²) in [6, 6.07) is 0. The minimum absolute atomic E-state index is 0.321. The molecular formula is C9H17NO2S. The average molecular weight is 203 g/mol. The number of nitrogens with zero attached hydrogens (tertiary/aromatic N) is 1. The molecule has 0 aromatic rings. The van der Waals surface area contributed by atoms with Crippen molar-refractivity contribution >= 4 is 10.0 Å². The van der Waals surface area contributed by atoms with Gasteiger partial charge in [0.15, 0.2) is 0 Å². The molecule has 1 rings (SSSR count). The smallest absolute Gasteiger partial charge is 0.212 e. The molecule has 0 N–H and O–H groups in total. The van der Waals surface area contributed by atoms with Crippen molar-refractivity contribution in [3.8, 4) is 0 Å². The van der Waals surface area contributed by atoms with Crippen molar-refractivity contribution in [1.82, 2.24) is 4.31 Å². The number of piperidine rings is 1. The van der Waals surface area contributed by atoms with Crippen LogP contribution in [0.1, 0.15) is 26.7 Å². The molecule has 1 saturated heterocycles. The van der Waals surface area contributed by atoms with E-state index in [4.69, 9.17) is 0 Å². The third-order valence-electron chi connectivity index (χ3n) is 2.29. The summed E-state index contributed by atoms with van der Waals surface area (Å²) >= 11 is 0. The average Bonchev–Trinajstić information content (AvgIpc) is 2.04. The van der Waals surface area contributed by atoms with Crippen molar-refractivity contribution in [2.75, 3.05) is 13.1 Å². The van der Waals surface area contributed by atoms with E-state index in [1.54, 1.807) is 18.2 Å². The minimum Gasteiger partial charge on any atom is -0.212 e. The number of sulfonamides is 1. The van der Waals surface area contributed by atoms with Gasteiger partial charge < -0.3 is 0 Å². The molecule has 0 radical (unpaired) electrons. The third kappa shape index (κ3) is 2.31. The first-order chi connectivity index (χ1) is 5.94. The molecule has 0 aromatic heterocycles. The maximum atomic E-state index is 11.7. The van der Waals surface area contributed by atoms with Gasteiger partial charge >= 0.3 is 0 Å². The molecule has 0 aromatic carbocycles. The Labute approximate surface area is 80.5 Å². The highest BCUT2D eigenvalue weighted by Crippen LogP contribution is 2.19. The molecule has 0 bridgehead atoms. The molecule has 0 atom stereocenters. The molecular weight excluding hydrogens is 186 g/mol. The standard InChI is InChI=1S/C9H17NO2S/c1-8(2)13(11,12)10-6-4-5-9(3)7-10/h8H,3-7H2,1-2H3. The van der Waals surface area contributed by atoms with E-state index in [1.807, 2.05) is 0 Å². The predicted molar refractivity (Wildman–Crippen MR) is 54.0 cm³/mol. The van der Waals surface area contributed by atoms with Crippen LogP contribution in [-0.4, -0.2) is 31.1 Å². The number of hydrogen-bond acceptors (Lipinski definition) is 2. The molecule has 0 unspecified atom stereocenters. The van der Waals surface area contributed by atoms with Crippen molar-refractivity contribution < 1.29 is 8.42 Å². The van der Waals surface area contributed by atoms with Crippen molar-refractivity contribution in [2.45, 2.75) is 31.9 Å². The summed E-state index contributed by atoms with van der Waals surface area (Å²) in [7, 11) is -3.06. The number of rotatable bonds is 2. The van der Waals surface area contributed by atoms with Gasteiger partial charge in [0.1, 0.15) is 0 Å². The molecule has 76 valence electrons. The van der Waals surface area contributed by atoms with Crippen LogP contribution in [0.3, 0.4) is 0 Å². The van der Waals surface area contributed by atoms with Crippen LogP contribution in [0.2, 0.25) is 0 Å². The Kier molecular flexibility index (Phi) is 3.14. The van der Waals surface area contributed by atoms with E-state index in [2.05, 4.69) is 6.58 Å². The lowest BCUT2D eigenvalue weighted by Gasteiger charge is -2.28. The summed E-state index contributed by atoms with van der Waals surface area (Å²) in [6.07, 6.45) is 1.87. The summed E-state index contributed by atoms with van der Waals surface area (Å²) in [5.41, 5.74) is 1.02. The van der Waals surface area contributed by atoms with Crippen molar-refractivity contribution in [1.29, 1.82) is 0 Å². The maximum Gasteiger partial charge on any atom is 0.216 e. The first kappa shape index (κ1) is 10.7. The molecule has 13 heavy (non-hydrogen) atoms. The normalized spacial score (nSPS) is 21.0. The molecule has 0 amide bonds. The molecule has 0 saturated carbocycles. The Morgan fingerprint density at radius 2 is 2.08 bits per heavy atom. The van der Waals surface area contributed by atoms with Gasteiger partial charge in [-0.3, -0.25) is 0 Å². The van der Waals surface area contributed by atoms with E-state index in [1.165, 1.54) is 0 Å². The van der Waals surface area contributed by atoms with Gasteiger partial charge in [-0.05, 0) is 26.7 Å². The lowest BCUT2D eigenvalue weighted by atomic mass is 10.1. The van der Waals surface area contributed by atoms with Crippen LogP contribution in [-0.2, 0) is 10.0 Å². The van der Waals surface area contributed by atoms with E-state index in [0.29, 0.717) is 13.1 Å². The van der Waals surface area contributed by atoms with E-state index in [9.17, 15) is 8.42 Å². The van der Waals surface area contributed by atoms with E-state index in [0.717, 1.165) is 18.4 Å². The molecule has 1 aliphatic heterocycles. The van der Waals surface area contributed by atoms with Crippen LogP contribution in [0, 0.1) is 0 Å². The Balaban J connectivity index is 2.77. The van der Waals surface area contributed by atoms with Gasteiger partial charge in [0.2, 0.25) is 10.0 Å². The van der Waals surface area contributed by atoms with Crippen LogP contribution in [0.4, 0.5) is 0 Å². The highest BCUT2D eigenvalue weighted by atomic mass is 32.2. The zero-order valence-corrected chi connectivity index (χ0v) is 9.10. The molecule has 3 nitrogen and oxygen atoms in total. The van der Waals surface area contributed by atoms with E-state index < -0.39 is 10.0 Å². The summed E-state index contributed by atoms with van der Waals surface area (Å²) in [4.78, 5) is 0.